The van der Waals surface area contributed by atoms with Crippen LogP contribution in [0.3, 0.4) is 0 Å². The molecule has 1 N–H and O–H groups in total. The molecule has 0 spiro atoms. The summed E-state index contributed by atoms with van der Waals surface area (Å²) in [7, 11) is 0. The van der Waals surface area contributed by atoms with Crippen LogP contribution >= 0.6 is 0 Å². The van der Waals surface area contributed by atoms with E-state index in [1.54, 1.807) is 22.8 Å². The SMILES string of the molecule is Cc1nc(NC(C)c2ccccc2)cc(C(=O)N2CCN(C=O)CC2)n1. The molecular weight excluding hydrogens is 330 g/mol. The van der Waals surface area contributed by atoms with Gasteiger partial charge in [-0.3, -0.25) is 9.59 Å². The number of aromatic nitrogens is 2. The van der Waals surface area contributed by atoms with E-state index in [0.29, 0.717) is 43.5 Å². The summed E-state index contributed by atoms with van der Waals surface area (Å²) < 4.78 is 0. The molecule has 26 heavy (non-hydrogen) atoms. The second-order valence-electron chi connectivity index (χ2n) is 6.40. The molecule has 0 aliphatic carbocycles. The van der Waals surface area contributed by atoms with Crippen molar-refractivity contribution >= 4 is 18.1 Å². The van der Waals surface area contributed by atoms with Crippen molar-refractivity contribution in [2.75, 3.05) is 31.5 Å². The van der Waals surface area contributed by atoms with Crippen LogP contribution in [0.25, 0.3) is 0 Å². The third-order valence-electron chi connectivity index (χ3n) is 4.47. The number of rotatable bonds is 5. The van der Waals surface area contributed by atoms with Crippen molar-refractivity contribution in [2.45, 2.75) is 19.9 Å². The molecule has 1 unspecified atom stereocenters. The largest absolute Gasteiger partial charge is 0.363 e. The number of carbonyl (C=O) groups is 2. The van der Waals surface area contributed by atoms with Crippen LogP contribution in [0.15, 0.2) is 36.4 Å². The van der Waals surface area contributed by atoms with Crippen molar-refractivity contribution in [3.05, 3.63) is 53.5 Å². The fraction of sp³-hybridized carbons (Fsp3) is 0.368. The molecule has 7 nitrogen and oxygen atoms in total. The second-order valence-corrected chi connectivity index (χ2v) is 6.40. The van der Waals surface area contributed by atoms with E-state index in [4.69, 9.17) is 0 Å². The minimum Gasteiger partial charge on any atom is -0.363 e. The van der Waals surface area contributed by atoms with Gasteiger partial charge in [0.25, 0.3) is 5.91 Å². The van der Waals surface area contributed by atoms with Crippen molar-refractivity contribution in [3.63, 3.8) is 0 Å². The number of aryl methyl sites for hydroxylation is 1. The first-order chi connectivity index (χ1) is 12.6. The number of piperazine rings is 1. The maximum Gasteiger partial charge on any atom is 0.272 e. The standard InChI is InChI=1S/C19H23N5O2/c1-14(16-6-4-3-5-7-16)20-18-12-17(21-15(2)22-18)19(26)24-10-8-23(13-25)9-11-24/h3-7,12-14H,8-11H2,1-2H3,(H,20,21,22). The van der Waals surface area contributed by atoms with Gasteiger partial charge >= 0.3 is 0 Å². The minimum atomic E-state index is -0.128. The number of hydrogen-bond acceptors (Lipinski definition) is 5. The predicted octanol–water partition coefficient (Wildman–Crippen LogP) is 1.87. The van der Waals surface area contributed by atoms with Gasteiger partial charge in [-0.15, -0.1) is 0 Å². The summed E-state index contributed by atoms with van der Waals surface area (Å²) in [5.74, 6) is 1.05. The van der Waals surface area contributed by atoms with Crippen LogP contribution in [0.1, 0.15) is 34.8 Å². The van der Waals surface area contributed by atoms with Gasteiger partial charge in [-0.2, -0.15) is 0 Å². The molecule has 7 heteroatoms. The van der Waals surface area contributed by atoms with E-state index in [2.05, 4.69) is 15.3 Å². The van der Waals surface area contributed by atoms with Gasteiger partial charge in [0.1, 0.15) is 17.3 Å². The lowest BCUT2D eigenvalue weighted by Crippen LogP contribution is -2.48. The van der Waals surface area contributed by atoms with Gasteiger partial charge in [0.15, 0.2) is 0 Å². The van der Waals surface area contributed by atoms with Crippen LogP contribution in [0.5, 0.6) is 0 Å². The molecule has 2 heterocycles. The van der Waals surface area contributed by atoms with Gasteiger partial charge in [0, 0.05) is 38.3 Å². The zero-order chi connectivity index (χ0) is 18.5. The molecule has 2 aromatic rings. The molecular formula is C19H23N5O2. The van der Waals surface area contributed by atoms with E-state index in [9.17, 15) is 9.59 Å². The molecule has 1 fully saturated rings. The Balaban J connectivity index is 1.73. The molecule has 1 saturated heterocycles. The van der Waals surface area contributed by atoms with Crippen molar-refractivity contribution in [3.8, 4) is 0 Å². The van der Waals surface area contributed by atoms with E-state index in [1.165, 1.54) is 0 Å². The first-order valence-electron chi connectivity index (χ1n) is 8.72. The molecule has 1 aliphatic rings. The Hall–Kier alpha value is -2.96. The molecule has 1 atom stereocenters. The van der Waals surface area contributed by atoms with Crippen LogP contribution in [0, 0.1) is 6.92 Å². The highest BCUT2D eigenvalue weighted by atomic mass is 16.2. The van der Waals surface area contributed by atoms with Crippen molar-refractivity contribution < 1.29 is 9.59 Å². The topological polar surface area (TPSA) is 78.4 Å². The third-order valence-corrected chi connectivity index (χ3v) is 4.47. The van der Waals surface area contributed by atoms with E-state index in [1.807, 2.05) is 37.3 Å². The second kappa shape index (κ2) is 7.95. The highest BCUT2D eigenvalue weighted by Crippen LogP contribution is 2.19. The Labute approximate surface area is 153 Å². The average molecular weight is 353 g/mol. The highest BCUT2D eigenvalue weighted by molar-refractivity contribution is 5.93. The van der Waals surface area contributed by atoms with Crippen LogP contribution in [-0.2, 0) is 4.79 Å². The van der Waals surface area contributed by atoms with Crippen molar-refractivity contribution in [1.29, 1.82) is 0 Å². The highest BCUT2D eigenvalue weighted by Gasteiger charge is 2.23. The fourth-order valence-corrected chi connectivity index (χ4v) is 2.99. The Morgan fingerprint density at radius 1 is 1.15 bits per heavy atom. The Bertz CT molecular complexity index is 773. The number of amides is 2. The Morgan fingerprint density at radius 2 is 1.85 bits per heavy atom. The number of hydrogen-bond donors (Lipinski definition) is 1. The lowest BCUT2D eigenvalue weighted by molar-refractivity contribution is -0.119. The summed E-state index contributed by atoms with van der Waals surface area (Å²) in [6, 6.07) is 11.8. The summed E-state index contributed by atoms with van der Waals surface area (Å²) in [5, 5.41) is 3.34. The van der Waals surface area contributed by atoms with Crippen LogP contribution in [0.4, 0.5) is 5.82 Å². The summed E-state index contributed by atoms with van der Waals surface area (Å²) in [5.41, 5.74) is 1.52. The minimum absolute atomic E-state index is 0.0598. The first kappa shape index (κ1) is 17.8. The lowest BCUT2D eigenvalue weighted by atomic mass is 10.1. The van der Waals surface area contributed by atoms with E-state index < -0.39 is 0 Å². The summed E-state index contributed by atoms with van der Waals surface area (Å²) in [6.07, 6.45) is 0.823. The van der Waals surface area contributed by atoms with Gasteiger partial charge in [0.2, 0.25) is 6.41 Å². The van der Waals surface area contributed by atoms with Gasteiger partial charge in [-0.25, -0.2) is 9.97 Å². The van der Waals surface area contributed by atoms with Gasteiger partial charge in [-0.1, -0.05) is 30.3 Å². The zero-order valence-corrected chi connectivity index (χ0v) is 15.1. The van der Waals surface area contributed by atoms with Gasteiger partial charge in [0.05, 0.1) is 0 Å². The number of nitrogens with zero attached hydrogens (tertiary/aromatic N) is 4. The molecule has 0 saturated carbocycles. The Kier molecular flexibility index (Phi) is 5.46. The molecule has 1 aromatic heterocycles. The normalized spacial score (nSPS) is 15.5. The Morgan fingerprint density at radius 3 is 2.50 bits per heavy atom. The quantitative estimate of drug-likeness (QED) is 0.830. The van der Waals surface area contributed by atoms with Gasteiger partial charge < -0.3 is 15.1 Å². The first-order valence-corrected chi connectivity index (χ1v) is 8.72. The molecule has 1 aromatic carbocycles. The average Bonchev–Trinajstić information content (AvgIpc) is 2.67. The lowest BCUT2D eigenvalue weighted by Gasteiger charge is -2.32. The van der Waals surface area contributed by atoms with Crippen molar-refractivity contribution in [1.82, 2.24) is 19.8 Å². The van der Waals surface area contributed by atoms with Crippen LogP contribution in [-0.4, -0.2) is 58.3 Å². The van der Waals surface area contributed by atoms with E-state index >= 15 is 0 Å². The smallest absolute Gasteiger partial charge is 0.272 e. The molecule has 1 aliphatic heterocycles. The predicted molar refractivity (Wildman–Crippen MR) is 98.8 cm³/mol. The molecule has 0 bridgehead atoms. The van der Waals surface area contributed by atoms with Crippen molar-refractivity contribution in [2.24, 2.45) is 0 Å². The third kappa shape index (κ3) is 4.17. The molecule has 136 valence electrons. The van der Waals surface area contributed by atoms with Crippen LogP contribution < -0.4 is 5.32 Å². The maximum absolute atomic E-state index is 12.8. The summed E-state index contributed by atoms with van der Waals surface area (Å²) in [4.78, 5) is 35.7. The molecule has 3 rings (SSSR count). The number of carbonyl (C=O) groups excluding carboxylic acids is 2. The number of anilines is 1. The summed E-state index contributed by atoms with van der Waals surface area (Å²) in [6.45, 7) is 5.96. The van der Waals surface area contributed by atoms with Crippen LogP contribution in [0.2, 0.25) is 0 Å². The number of nitrogens with one attached hydrogen (secondary N) is 1. The molecule has 2 amide bonds. The van der Waals surface area contributed by atoms with E-state index in [-0.39, 0.29) is 11.9 Å². The zero-order valence-electron chi connectivity index (χ0n) is 15.1. The van der Waals surface area contributed by atoms with Gasteiger partial charge in [-0.05, 0) is 19.4 Å². The monoisotopic (exact) mass is 353 g/mol. The maximum atomic E-state index is 12.8. The summed E-state index contributed by atoms with van der Waals surface area (Å²) >= 11 is 0. The van der Waals surface area contributed by atoms with E-state index in [0.717, 1.165) is 12.0 Å². The molecule has 0 radical (unpaired) electrons. The number of benzene rings is 1. The fourth-order valence-electron chi connectivity index (χ4n) is 2.99.